The summed E-state index contributed by atoms with van der Waals surface area (Å²) in [5.41, 5.74) is 0. The first kappa shape index (κ1) is 13.9. The molecule has 0 bridgehead atoms. The molecule has 3 unspecified atom stereocenters. The highest BCUT2D eigenvalue weighted by atomic mass is 16.4. The summed E-state index contributed by atoms with van der Waals surface area (Å²) < 4.78 is 0. The Morgan fingerprint density at radius 3 is 2.61 bits per heavy atom. The molecule has 0 aromatic heterocycles. The Labute approximate surface area is 111 Å². The van der Waals surface area contributed by atoms with Crippen LogP contribution in [0.2, 0.25) is 0 Å². The molecular formula is C15H27NO2. The number of piperidine rings is 1. The summed E-state index contributed by atoms with van der Waals surface area (Å²) in [7, 11) is 0. The van der Waals surface area contributed by atoms with Crippen LogP contribution in [0.5, 0.6) is 0 Å². The fourth-order valence-corrected chi connectivity index (χ4v) is 3.72. The predicted molar refractivity (Wildman–Crippen MR) is 72.6 cm³/mol. The first-order chi connectivity index (χ1) is 8.59. The van der Waals surface area contributed by atoms with Gasteiger partial charge in [0.25, 0.3) is 0 Å². The maximum atomic E-state index is 11.4. The molecule has 1 saturated heterocycles. The van der Waals surface area contributed by atoms with E-state index in [1.165, 1.54) is 25.7 Å². The van der Waals surface area contributed by atoms with Gasteiger partial charge in [0.15, 0.2) is 0 Å². The second kappa shape index (κ2) is 6.05. The van der Waals surface area contributed by atoms with Crippen molar-refractivity contribution in [1.29, 1.82) is 0 Å². The number of rotatable bonds is 4. The van der Waals surface area contributed by atoms with Crippen LogP contribution in [0.3, 0.4) is 0 Å². The average molecular weight is 253 g/mol. The van der Waals surface area contributed by atoms with E-state index in [9.17, 15) is 9.90 Å². The van der Waals surface area contributed by atoms with Crippen molar-refractivity contribution in [2.45, 2.75) is 70.9 Å². The summed E-state index contributed by atoms with van der Waals surface area (Å²) >= 11 is 0. The molecular weight excluding hydrogens is 226 g/mol. The quantitative estimate of drug-likeness (QED) is 0.836. The van der Waals surface area contributed by atoms with Gasteiger partial charge in [0, 0.05) is 6.04 Å². The van der Waals surface area contributed by atoms with Crippen LogP contribution in [-0.2, 0) is 4.79 Å². The first-order valence-corrected chi connectivity index (χ1v) is 7.58. The number of aliphatic carboxylic acids is 1. The lowest BCUT2D eigenvalue weighted by atomic mass is 9.76. The van der Waals surface area contributed by atoms with E-state index in [0.29, 0.717) is 12.0 Å². The van der Waals surface area contributed by atoms with Gasteiger partial charge in [0.2, 0.25) is 0 Å². The van der Waals surface area contributed by atoms with Crippen molar-refractivity contribution in [3.8, 4) is 0 Å². The highest BCUT2D eigenvalue weighted by molar-refractivity contribution is 5.73. The Balaban J connectivity index is 2.06. The van der Waals surface area contributed by atoms with Crippen molar-refractivity contribution < 1.29 is 9.90 Å². The smallest absolute Gasteiger partial charge is 0.320 e. The maximum absolute atomic E-state index is 11.4. The van der Waals surface area contributed by atoms with Crippen LogP contribution in [0.4, 0.5) is 0 Å². The van der Waals surface area contributed by atoms with Gasteiger partial charge in [-0.1, -0.05) is 26.7 Å². The van der Waals surface area contributed by atoms with E-state index >= 15 is 0 Å². The van der Waals surface area contributed by atoms with E-state index in [1.807, 2.05) is 0 Å². The van der Waals surface area contributed by atoms with E-state index < -0.39 is 5.97 Å². The molecule has 0 radical (unpaired) electrons. The minimum Gasteiger partial charge on any atom is -0.480 e. The molecule has 1 aliphatic heterocycles. The van der Waals surface area contributed by atoms with E-state index in [2.05, 4.69) is 18.7 Å². The molecule has 2 fully saturated rings. The topological polar surface area (TPSA) is 40.5 Å². The molecule has 1 N–H and O–H groups in total. The highest BCUT2D eigenvalue weighted by Crippen LogP contribution is 2.38. The molecule has 1 saturated carbocycles. The molecule has 1 heterocycles. The highest BCUT2D eigenvalue weighted by Gasteiger charge is 2.40. The van der Waals surface area contributed by atoms with E-state index in [0.717, 1.165) is 31.7 Å². The lowest BCUT2D eigenvalue weighted by Gasteiger charge is -2.47. The third-order valence-corrected chi connectivity index (χ3v) is 4.76. The van der Waals surface area contributed by atoms with Crippen molar-refractivity contribution in [3.05, 3.63) is 0 Å². The minimum absolute atomic E-state index is 0.219. The van der Waals surface area contributed by atoms with Crippen LogP contribution in [-0.4, -0.2) is 34.6 Å². The lowest BCUT2D eigenvalue weighted by Crippen LogP contribution is -2.55. The van der Waals surface area contributed by atoms with E-state index in [1.54, 1.807) is 0 Å². The van der Waals surface area contributed by atoms with Gasteiger partial charge >= 0.3 is 5.97 Å². The van der Waals surface area contributed by atoms with Gasteiger partial charge in [0.1, 0.15) is 6.04 Å². The maximum Gasteiger partial charge on any atom is 0.320 e. The third kappa shape index (κ3) is 3.05. The molecule has 0 aromatic rings. The molecule has 0 aromatic carbocycles. The molecule has 3 nitrogen and oxygen atoms in total. The fourth-order valence-electron chi connectivity index (χ4n) is 3.72. The zero-order chi connectivity index (χ0) is 13.1. The second-order valence-electron chi connectivity index (χ2n) is 6.46. The largest absolute Gasteiger partial charge is 0.480 e. The summed E-state index contributed by atoms with van der Waals surface area (Å²) in [5.74, 6) is 0.813. The number of likely N-dealkylation sites (tertiary alicyclic amines) is 1. The van der Waals surface area contributed by atoms with Crippen LogP contribution in [0.1, 0.15) is 58.8 Å². The number of carboxylic acids is 1. The van der Waals surface area contributed by atoms with Gasteiger partial charge in [-0.05, 0) is 50.5 Å². The normalized spacial score (nSPS) is 33.4. The van der Waals surface area contributed by atoms with Gasteiger partial charge in [0.05, 0.1) is 0 Å². The van der Waals surface area contributed by atoms with Crippen LogP contribution in [0, 0.1) is 11.8 Å². The predicted octanol–water partition coefficient (Wildman–Crippen LogP) is 3.14. The van der Waals surface area contributed by atoms with Crippen LogP contribution in [0.15, 0.2) is 0 Å². The van der Waals surface area contributed by atoms with Crippen molar-refractivity contribution in [2.75, 3.05) is 6.54 Å². The molecule has 2 rings (SSSR count). The summed E-state index contributed by atoms with van der Waals surface area (Å²) in [6, 6.07) is 0.329. The van der Waals surface area contributed by atoms with E-state index in [4.69, 9.17) is 0 Å². The molecule has 2 aliphatic rings. The van der Waals surface area contributed by atoms with Gasteiger partial charge < -0.3 is 5.11 Å². The Kier molecular flexibility index (Phi) is 4.66. The average Bonchev–Trinajstić information content (AvgIpc) is 2.35. The number of nitrogens with zero attached hydrogens (tertiary/aromatic N) is 1. The van der Waals surface area contributed by atoms with Crippen molar-refractivity contribution in [2.24, 2.45) is 11.8 Å². The van der Waals surface area contributed by atoms with Gasteiger partial charge in [-0.2, -0.15) is 0 Å². The van der Waals surface area contributed by atoms with E-state index in [-0.39, 0.29) is 6.04 Å². The number of hydrogen-bond donors (Lipinski definition) is 1. The molecule has 0 spiro atoms. The van der Waals surface area contributed by atoms with Crippen molar-refractivity contribution >= 4 is 5.97 Å². The van der Waals surface area contributed by atoms with Crippen LogP contribution < -0.4 is 0 Å². The molecule has 3 atom stereocenters. The minimum atomic E-state index is -0.609. The zero-order valence-electron chi connectivity index (χ0n) is 11.8. The van der Waals surface area contributed by atoms with Crippen molar-refractivity contribution in [1.82, 2.24) is 4.90 Å². The molecule has 18 heavy (non-hydrogen) atoms. The lowest BCUT2D eigenvalue weighted by molar-refractivity contribution is -0.148. The van der Waals surface area contributed by atoms with Gasteiger partial charge in [-0.25, -0.2) is 0 Å². The SMILES string of the molecule is CC(C)CCN1C(C(=O)O)CCC2CCCCC21. The molecule has 1 aliphatic carbocycles. The molecule has 0 amide bonds. The summed E-state index contributed by atoms with van der Waals surface area (Å²) in [5, 5.41) is 9.42. The Morgan fingerprint density at radius 2 is 1.94 bits per heavy atom. The number of carboxylic acid groups (broad SMARTS) is 1. The third-order valence-electron chi connectivity index (χ3n) is 4.76. The van der Waals surface area contributed by atoms with Crippen LogP contribution in [0.25, 0.3) is 0 Å². The number of carbonyl (C=O) groups is 1. The Morgan fingerprint density at radius 1 is 1.22 bits per heavy atom. The first-order valence-electron chi connectivity index (χ1n) is 7.58. The van der Waals surface area contributed by atoms with Gasteiger partial charge in [-0.15, -0.1) is 0 Å². The standard InChI is InChI=1S/C15H27NO2/c1-11(2)9-10-16-13-6-4-3-5-12(13)7-8-14(16)15(17)18/h11-14H,3-10H2,1-2H3,(H,17,18). The Hall–Kier alpha value is -0.570. The monoisotopic (exact) mass is 253 g/mol. The van der Waals surface area contributed by atoms with Crippen LogP contribution >= 0.6 is 0 Å². The second-order valence-corrected chi connectivity index (χ2v) is 6.46. The fraction of sp³-hybridized carbons (Fsp3) is 0.933. The zero-order valence-corrected chi connectivity index (χ0v) is 11.8. The molecule has 3 heteroatoms. The van der Waals surface area contributed by atoms with Crippen molar-refractivity contribution in [3.63, 3.8) is 0 Å². The summed E-state index contributed by atoms with van der Waals surface area (Å²) in [4.78, 5) is 13.8. The molecule has 104 valence electrons. The van der Waals surface area contributed by atoms with Gasteiger partial charge in [-0.3, -0.25) is 9.69 Å². The summed E-state index contributed by atoms with van der Waals surface area (Å²) in [6.07, 6.45) is 8.26. The Bertz CT molecular complexity index is 290. The summed E-state index contributed by atoms with van der Waals surface area (Å²) in [6.45, 7) is 5.41. The number of hydrogen-bond acceptors (Lipinski definition) is 2. The number of fused-ring (bicyclic) bond motifs is 1.